The van der Waals surface area contributed by atoms with Crippen molar-refractivity contribution < 1.29 is 14.7 Å². The fourth-order valence-corrected chi connectivity index (χ4v) is 2.06. The van der Waals surface area contributed by atoms with E-state index >= 15 is 0 Å². The Labute approximate surface area is 109 Å². The third-order valence-corrected chi connectivity index (χ3v) is 3.25. The Kier molecular flexibility index (Phi) is 5.08. The van der Waals surface area contributed by atoms with E-state index in [2.05, 4.69) is 15.6 Å². The summed E-state index contributed by atoms with van der Waals surface area (Å²) in [5, 5.41) is 16.6. The van der Waals surface area contributed by atoms with Crippen LogP contribution >= 0.6 is 11.3 Å². The molecule has 1 heterocycles. The summed E-state index contributed by atoms with van der Waals surface area (Å²) >= 11 is 1.45. The zero-order valence-electron chi connectivity index (χ0n) is 10.6. The van der Waals surface area contributed by atoms with Crippen molar-refractivity contribution in [2.45, 2.75) is 33.4 Å². The maximum Gasteiger partial charge on any atom is 0.326 e. The van der Waals surface area contributed by atoms with Crippen molar-refractivity contribution in [2.24, 2.45) is 5.92 Å². The first-order valence-corrected chi connectivity index (χ1v) is 6.46. The van der Waals surface area contributed by atoms with Crippen LogP contribution in [0.15, 0.2) is 5.38 Å². The lowest BCUT2D eigenvalue weighted by Gasteiger charge is -2.17. The predicted octanol–water partition coefficient (Wildman–Crippen LogP) is 1.36. The first kappa shape index (κ1) is 14.4. The molecule has 0 aliphatic rings. The molecule has 18 heavy (non-hydrogen) atoms. The largest absolute Gasteiger partial charge is 0.480 e. The number of thiazole rings is 1. The standard InChI is InChI=1S/C11H17N3O3S/c1-6(2)9(10(15)16)14-11(17)12-4-8-13-7(3)5-18-8/h5-6,9H,4H2,1-3H3,(H,15,16)(H2,12,14,17)/t9-/m1/s1. The van der Waals surface area contributed by atoms with E-state index in [1.807, 2.05) is 12.3 Å². The minimum atomic E-state index is -1.04. The quantitative estimate of drug-likeness (QED) is 0.754. The van der Waals surface area contributed by atoms with Gasteiger partial charge in [-0.3, -0.25) is 0 Å². The lowest BCUT2D eigenvalue weighted by molar-refractivity contribution is -0.140. The van der Waals surface area contributed by atoms with Gasteiger partial charge in [0.05, 0.1) is 6.54 Å². The Morgan fingerprint density at radius 1 is 1.50 bits per heavy atom. The second-order valence-corrected chi connectivity index (χ2v) is 5.21. The molecule has 0 unspecified atom stereocenters. The van der Waals surface area contributed by atoms with E-state index < -0.39 is 18.0 Å². The van der Waals surface area contributed by atoms with Crippen LogP contribution in [0.4, 0.5) is 4.79 Å². The molecule has 0 aliphatic heterocycles. The van der Waals surface area contributed by atoms with Gasteiger partial charge in [0.2, 0.25) is 0 Å². The molecule has 0 saturated carbocycles. The molecule has 1 atom stereocenters. The van der Waals surface area contributed by atoms with Gasteiger partial charge in [-0.15, -0.1) is 11.3 Å². The highest BCUT2D eigenvalue weighted by Gasteiger charge is 2.23. The number of rotatable bonds is 5. The molecular weight excluding hydrogens is 254 g/mol. The van der Waals surface area contributed by atoms with Gasteiger partial charge >= 0.3 is 12.0 Å². The highest BCUT2D eigenvalue weighted by atomic mass is 32.1. The SMILES string of the molecule is Cc1csc(CNC(=O)N[C@@H](C(=O)O)C(C)C)n1. The number of aromatic nitrogens is 1. The summed E-state index contributed by atoms with van der Waals surface area (Å²) in [5.41, 5.74) is 0.905. The summed E-state index contributed by atoms with van der Waals surface area (Å²) in [6, 6.07) is -1.38. The van der Waals surface area contributed by atoms with Gasteiger partial charge < -0.3 is 15.7 Å². The molecule has 3 N–H and O–H groups in total. The number of carboxylic acid groups (broad SMARTS) is 1. The van der Waals surface area contributed by atoms with Crippen LogP contribution in [0.5, 0.6) is 0 Å². The van der Waals surface area contributed by atoms with Gasteiger partial charge in [0, 0.05) is 11.1 Å². The maximum atomic E-state index is 11.5. The van der Waals surface area contributed by atoms with Gasteiger partial charge in [0.1, 0.15) is 11.0 Å². The van der Waals surface area contributed by atoms with E-state index in [1.165, 1.54) is 11.3 Å². The number of aryl methyl sites for hydroxylation is 1. The molecule has 7 heteroatoms. The smallest absolute Gasteiger partial charge is 0.326 e. The van der Waals surface area contributed by atoms with Gasteiger partial charge in [-0.1, -0.05) is 13.8 Å². The Morgan fingerprint density at radius 2 is 2.17 bits per heavy atom. The summed E-state index contributed by atoms with van der Waals surface area (Å²) < 4.78 is 0. The fraction of sp³-hybridized carbons (Fsp3) is 0.545. The number of nitrogens with zero attached hydrogens (tertiary/aromatic N) is 1. The van der Waals surface area contributed by atoms with Crippen LogP contribution in [0.25, 0.3) is 0 Å². The molecule has 1 aromatic heterocycles. The molecule has 0 fully saturated rings. The van der Waals surface area contributed by atoms with Crippen LogP contribution in [0.3, 0.4) is 0 Å². The van der Waals surface area contributed by atoms with Crippen LogP contribution in [-0.4, -0.2) is 28.1 Å². The molecule has 1 rings (SSSR count). The molecule has 6 nitrogen and oxygen atoms in total. The third kappa shape index (κ3) is 4.33. The lowest BCUT2D eigenvalue weighted by atomic mass is 10.1. The molecule has 0 bridgehead atoms. The maximum absolute atomic E-state index is 11.5. The van der Waals surface area contributed by atoms with Crippen LogP contribution in [-0.2, 0) is 11.3 Å². The Bertz CT molecular complexity index is 431. The Morgan fingerprint density at radius 3 is 2.61 bits per heavy atom. The zero-order valence-corrected chi connectivity index (χ0v) is 11.4. The van der Waals surface area contributed by atoms with E-state index in [0.29, 0.717) is 6.54 Å². The fourth-order valence-electron chi connectivity index (χ4n) is 1.35. The molecule has 100 valence electrons. The highest BCUT2D eigenvalue weighted by molar-refractivity contribution is 7.09. The zero-order chi connectivity index (χ0) is 13.7. The lowest BCUT2D eigenvalue weighted by Crippen LogP contribution is -2.48. The first-order chi connectivity index (χ1) is 8.40. The van der Waals surface area contributed by atoms with Crippen molar-refractivity contribution in [1.29, 1.82) is 0 Å². The number of hydrogen-bond donors (Lipinski definition) is 3. The number of carboxylic acids is 1. The number of amides is 2. The summed E-state index contributed by atoms with van der Waals surface area (Å²) in [6.07, 6.45) is 0. The minimum Gasteiger partial charge on any atom is -0.480 e. The van der Waals surface area contributed by atoms with E-state index in [4.69, 9.17) is 5.11 Å². The first-order valence-electron chi connectivity index (χ1n) is 5.58. The number of nitrogens with one attached hydrogen (secondary N) is 2. The minimum absolute atomic E-state index is 0.171. The number of aliphatic carboxylic acids is 1. The second kappa shape index (κ2) is 6.34. The molecule has 2 amide bonds. The van der Waals surface area contributed by atoms with Crippen molar-refractivity contribution in [3.63, 3.8) is 0 Å². The normalized spacial score (nSPS) is 12.2. The molecule has 0 aliphatic carbocycles. The van der Waals surface area contributed by atoms with E-state index in [9.17, 15) is 9.59 Å². The van der Waals surface area contributed by atoms with Crippen molar-refractivity contribution in [3.05, 3.63) is 16.1 Å². The van der Waals surface area contributed by atoms with Gasteiger partial charge in [0.15, 0.2) is 0 Å². The third-order valence-electron chi connectivity index (χ3n) is 2.29. The van der Waals surface area contributed by atoms with Crippen molar-refractivity contribution in [2.75, 3.05) is 0 Å². The van der Waals surface area contributed by atoms with E-state index in [1.54, 1.807) is 13.8 Å². The molecule has 0 spiro atoms. The van der Waals surface area contributed by atoms with Crippen molar-refractivity contribution >= 4 is 23.3 Å². The van der Waals surface area contributed by atoms with Gasteiger partial charge in [-0.25, -0.2) is 14.6 Å². The summed E-state index contributed by atoms with van der Waals surface area (Å²) in [6.45, 7) is 5.65. The number of hydrogen-bond acceptors (Lipinski definition) is 4. The number of carbonyl (C=O) groups excluding carboxylic acids is 1. The topological polar surface area (TPSA) is 91.3 Å². The summed E-state index contributed by atoms with van der Waals surface area (Å²) in [7, 11) is 0. The second-order valence-electron chi connectivity index (χ2n) is 4.27. The highest BCUT2D eigenvalue weighted by Crippen LogP contribution is 2.07. The molecule has 0 saturated heterocycles. The van der Waals surface area contributed by atoms with E-state index in [0.717, 1.165) is 10.7 Å². The summed E-state index contributed by atoms with van der Waals surface area (Å²) in [4.78, 5) is 26.6. The molecule has 0 aromatic carbocycles. The molecule has 1 aromatic rings. The van der Waals surface area contributed by atoms with Gasteiger partial charge in [-0.2, -0.15) is 0 Å². The van der Waals surface area contributed by atoms with Crippen LogP contribution in [0.1, 0.15) is 24.5 Å². The summed E-state index contributed by atoms with van der Waals surface area (Å²) in [5.74, 6) is -1.21. The molecular formula is C11H17N3O3S. The van der Waals surface area contributed by atoms with Gasteiger partial charge in [-0.05, 0) is 12.8 Å². The number of urea groups is 1. The van der Waals surface area contributed by atoms with Crippen molar-refractivity contribution in [1.82, 2.24) is 15.6 Å². The average molecular weight is 271 g/mol. The average Bonchev–Trinajstić information content (AvgIpc) is 2.68. The molecule has 0 radical (unpaired) electrons. The van der Waals surface area contributed by atoms with Crippen LogP contribution in [0.2, 0.25) is 0 Å². The Balaban J connectivity index is 2.43. The Hall–Kier alpha value is -1.63. The monoisotopic (exact) mass is 271 g/mol. The van der Waals surface area contributed by atoms with Crippen LogP contribution in [0, 0.1) is 12.8 Å². The van der Waals surface area contributed by atoms with Crippen molar-refractivity contribution in [3.8, 4) is 0 Å². The van der Waals surface area contributed by atoms with Crippen LogP contribution < -0.4 is 10.6 Å². The number of carbonyl (C=O) groups is 2. The van der Waals surface area contributed by atoms with E-state index in [-0.39, 0.29) is 5.92 Å². The van der Waals surface area contributed by atoms with Gasteiger partial charge in [0.25, 0.3) is 0 Å². The predicted molar refractivity (Wildman–Crippen MR) is 68.5 cm³/mol.